The third kappa shape index (κ3) is 2.45. The molecule has 1 fully saturated rings. The Labute approximate surface area is 141 Å². The topological polar surface area (TPSA) is 62.2 Å². The van der Waals surface area contributed by atoms with Gasteiger partial charge in [-0.1, -0.05) is 6.07 Å². The number of benzene rings is 1. The van der Waals surface area contributed by atoms with Gasteiger partial charge in [0.15, 0.2) is 0 Å². The number of piperidine rings is 1. The molecule has 22 heavy (non-hydrogen) atoms. The summed E-state index contributed by atoms with van der Waals surface area (Å²) in [6, 6.07) is 7.60. The molecular formula is C15H16BrClN4O. The van der Waals surface area contributed by atoms with Crippen molar-refractivity contribution in [3.63, 3.8) is 0 Å². The van der Waals surface area contributed by atoms with Gasteiger partial charge in [0.05, 0.1) is 16.6 Å². The van der Waals surface area contributed by atoms with Crippen LogP contribution in [-0.4, -0.2) is 27.7 Å². The van der Waals surface area contributed by atoms with Crippen LogP contribution in [0.15, 0.2) is 33.5 Å². The minimum Gasteiger partial charge on any atom is -0.317 e. The van der Waals surface area contributed by atoms with Crippen molar-refractivity contribution in [3.05, 3.63) is 44.8 Å². The lowest BCUT2D eigenvalue weighted by Gasteiger charge is -2.23. The van der Waals surface area contributed by atoms with E-state index in [1.165, 1.54) is 0 Å². The molecule has 0 aliphatic carbocycles. The van der Waals surface area contributed by atoms with Gasteiger partial charge in [-0.2, -0.15) is 5.10 Å². The first kappa shape index (κ1) is 15.5. The summed E-state index contributed by atoms with van der Waals surface area (Å²) in [5.41, 5.74) is 2.62. The van der Waals surface area contributed by atoms with Crippen LogP contribution in [0.3, 0.4) is 0 Å². The van der Waals surface area contributed by atoms with Gasteiger partial charge in [0, 0.05) is 16.5 Å². The van der Waals surface area contributed by atoms with Gasteiger partial charge in [-0.3, -0.25) is 4.79 Å². The van der Waals surface area contributed by atoms with Crippen molar-refractivity contribution in [2.24, 2.45) is 0 Å². The van der Waals surface area contributed by atoms with Crippen molar-refractivity contribution in [3.8, 4) is 0 Å². The van der Waals surface area contributed by atoms with Crippen molar-refractivity contribution >= 4 is 44.9 Å². The zero-order valence-corrected chi connectivity index (χ0v) is 14.2. The summed E-state index contributed by atoms with van der Waals surface area (Å²) in [7, 11) is 0. The Morgan fingerprint density at radius 3 is 2.82 bits per heavy atom. The van der Waals surface area contributed by atoms with Crippen molar-refractivity contribution in [1.29, 1.82) is 0 Å². The van der Waals surface area contributed by atoms with E-state index in [0.29, 0.717) is 5.92 Å². The molecule has 0 bridgehead atoms. The van der Waals surface area contributed by atoms with Gasteiger partial charge in [-0.15, -0.1) is 12.4 Å². The van der Waals surface area contributed by atoms with Crippen LogP contribution in [-0.2, 0) is 0 Å². The van der Waals surface area contributed by atoms with Gasteiger partial charge in [-0.05, 0) is 54.0 Å². The number of hydrogen-bond acceptors (Lipinski definition) is 3. The molecule has 0 atom stereocenters. The first-order chi connectivity index (χ1) is 10.2. The molecule has 1 saturated heterocycles. The molecule has 4 rings (SSSR count). The SMILES string of the molecule is Cl.O=c1cc(C2CCNCC2)n2nc3cccc(Br)c3c2[nH]1. The monoisotopic (exact) mass is 382 g/mol. The molecule has 3 aromatic rings. The lowest BCUT2D eigenvalue weighted by molar-refractivity contribution is 0.446. The van der Waals surface area contributed by atoms with E-state index in [2.05, 4.69) is 31.3 Å². The number of nitrogens with one attached hydrogen (secondary N) is 2. The summed E-state index contributed by atoms with van der Waals surface area (Å²) in [6.45, 7) is 1.98. The summed E-state index contributed by atoms with van der Waals surface area (Å²) in [5, 5.41) is 9.01. The van der Waals surface area contributed by atoms with Crippen LogP contribution in [0.4, 0.5) is 0 Å². The van der Waals surface area contributed by atoms with Crippen LogP contribution in [0.25, 0.3) is 16.6 Å². The second-order valence-corrected chi connectivity index (χ2v) is 6.33. The van der Waals surface area contributed by atoms with Crippen molar-refractivity contribution < 1.29 is 0 Å². The maximum Gasteiger partial charge on any atom is 0.251 e. The highest BCUT2D eigenvalue weighted by atomic mass is 79.9. The molecule has 3 heterocycles. The quantitative estimate of drug-likeness (QED) is 0.679. The Bertz CT molecular complexity index is 882. The zero-order valence-electron chi connectivity index (χ0n) is 11.8. The fourth-order valence-electron chi connectivity index (χ4n) is 3.15. The van der Waals surface area contributed by atoms with E-state index in [4.69, 9.17) is 0 Å². The number of H-pyrrole nitrogens is 1. The number of hydrogen-bond donors (Lipinski definition) is 2. The van der Waals surface area contributed by atoms with E-state index >= 15 is 0 Å². The highest BCUT2D eigenvalue weighted by Crippen LogP contribution is 2.30. The first-order valence-electron chi connectivity index (χ1n) is 7.15. The van der Waals surface area contributed by atoms with Crippen LogP contribution >= 0.6 is 28.3 Å². The fourth-order valence-corrected chi connectivity index (χ4v) is 3.70. The highest BCUT2D eigenvalue weighted by molar-refractivity contribution is 9.10. The molecule has 2 aromatic heterocycles. The summed E-state index contributed by atoms with van der Waals surface area (Å²) >= 11 is 3.56. The Hall–Kier alpha value is -1.37. The lowest BCUT2D eigenvalue weighted by Crippen LogP contribution is -2.28. The summed E-state index contributed by atoms with van der Waals surface area (Å²) < 4.78 is 2.86. The second kappa shape index (κ2) is 6.02. The number of fused-ring (bicyclic) bond motifs is 3. The third-order valence-corrected chi connectivity index (χ3v) is 4.83. The molecule has 5 nitrogen and oxygen atoms in total. The molecule has 1 aliphatic rings. The van der Waals surface area contributed by atoms with Crippen LogP contribution in [0.2, 0.25) is 0 Å². The molecule has 1 aromatic carbocycles. The van der Waals surface area contributed by atoms with E-state index in [-0.39, 0.29) is 18.0 Å². The zero-order chi connectivity index (χ0) is 14.4. The highest BCUT2D eigenvalue weighted by Gasteiger charge is 2.21. The maximum atomic E-state index is 12.1. The molecule has 2 N–H and O–H groups in total. The molecule has 7 heteroatoms. The standard InChI is InChI=1S/C15H15BrN4O.ClH/c16-10-2-1-3-11-14(10)15-18-13(21)8-12(20(15)19-11)9-4-6-17-7-5-9;/h1-3,8-9,17H,4-7H2,(H,18,21);1H. The van der Waals surface area contributed by atoms with Gasteiger partial charge in [0.25, 0.3) is 5.56 Å². The smallest absolute Gasteiger partial charge is 0.251 e. The van der Waals surface area contributed by atoms with E-state index in [0.717, 1.165) is 52.6 Å². The second-order valence-electron chi connectivity index (χ2n) is 5.48. The van der Waals surface area contributed by atoms with E-state index < -0.39 is 0 Å². The van der Waals surface area contributed by atoms with Crippen molar-refractivity contribution in [1.82, 2.24) is 19.9 Å². The van der Waals surface area contributed by atoms with E-state index in [1.807, 2.05) is 22.7 Å². The third-order valence-electron chi connectivity index (χ3n) is 4.17. The minimum absolute atomic E-state index is 0. The predicted molar refractivity (Wildman–Crippen MR) is 93.1 cm³/mol. The van der Waals surface area contributed by atoms with Gasteiger partial charge < -0.3 is 10.3 Å². The summed E-state index contributed by atoms with van der Waals surface area (Å²) in [5.74, 6) is 0.379. The molecular weight excluding hydrogens is 368 g/mol. The van der Waals surface area contributed by atoms with Crippen LogP contribution in [0.1, 0.15) is 24.5 Å². The first-order valence-corrected chi connectivity index (χ1v) is 7.94. The van der Waals surface area contributed by atoms with Crippen LogP contribution in [0.5, 0.6) is 0 Å². The Morgan fingerprint density at radius 1 is 1.27 bits per heavy atom. The van der Waals surface area contributed by atoms with Crippen molar-refractivity contribution in [2.75, 3.05) is 13.1 Å². The molecule has 0 saturated carbocycles. The van der Waals surface area contributed by atoms with Gasteiger partial charge >= 0.3 is 0 Å². The predicted octanol–water partition coefficient (Wildman–Crippen LogP) is 2.83. The number of rotatable bonds is 1. The van der Waals surface area contributed by atoms with Gasteiger partial charge in [-0.25, -0.2) is 4.52 Å². The number of nitrogens with zero attached hydrogens (tertiary/aromatic N) is 2. The Balaban J connectivity index is 0.00000144. The molecule has 0 spiro atoms. The number of aromatic nitrogens is 3. The largest absolute Gasteiger partial charge is 0.317 e. The maximum absolute atomic E-state index is 12.1. The molecule has 1 aliphatic heterocycles. The number of halogens is 2. The van der Waals surface area contributed by atoms with Crippen LogP contribution < -0.4 is 10.9 Å². The molecule has 0 unspecified atom stereocenters. The average molecular weight is 384 g/mol. The molecule has 0 radical (unpaired) electrons. The summed E-state index contributed by atoms with van der Waals surface area (Å²) in [4.78, 5) is 15.0. The fraction of sp³-hybridized carbons (Fsp3) is 0.333. The van der Waals surface area contributed by atoms with E-state index in [9.17, 15) is 4.79 Å². The molecule has 116 valence electrons. The lowest BCUT2D eigenvalue weighted by atomic mass is 9.94. The van der Waals surface area contributed by atoms with E-state index in [1.54, 1.807) is 6.07 Å². The average Bonchev–Trinajstić information content (AvgIpc) is 2.87. The van der Waals surface area contributed by atoms with Gasteiger partial charge in [0.1, 0.15) is 5.65 Å². The molecule has 0 amide bonds. The summed E-state index contributed by atoms with van der Waals surface area (Å²) in [6.07, 6.45) is 2.08. The normalized spacial score (nSPS) is 16.0. The van der Waals surface area contributed by atoms with Crippen LogP contribution in [0, 0.1) is 0 Å². The number of aromatic amines is 1. The van der Waals surface area contributed by atoms with Crippen molar-refractivity contribution in [2.45, 2.75) is 18.8 Å². The Morgan fingerprint density at radius 2 is 2.05 bits per heavy atom. The van der Waals surface area contributed by atoms with Gasteiger partial charge in [0.2, 0.25) is 0 Å². The minimum atomic E-state index is -0.0615. The Kier molecular flexibility index (Phi) is 4.25.